The van der Waals surface area contributed by atoms with Crippen LogP contribution in [0.1, 0.15) is 73.8 Å². The Labute approximate surface area is 131 Å². The Bertz CT molecular complexity index is 607. The molecule has 0 saturated carbocycles. The maximum atomic E-state index is 5.70. The van der Waals surface area contributed by atoms with Crippen molar-refractivity contribution in [1.29, 1.82) is 0 Å². The van der Waals surface area contributed by atoms with Gasteiger partial charge in [-0.3, -0.25) is 0 Å². The molecule has 2 aromatic rings. The molecular formula is C17H26N2OS. The van der Waals surface area contributed by atoms with Gasteiger partial charge < -0.3 is 9.73 Å². The van der Waals surface area contributed by atoms with E-state index < -0.39 is 0 Å². The van der Waals surface area contributed by atoms with Gasteiger partial charge in [-0.2, -0.15) is 0 Å². The molecule has 0 fully saturated rings. The zero-order valence-corrected chi connectivity index (χ0v) is 14.9. The zero-order chi connectivity index (χ0) is 15.8. The summed E-state index contributed by atoms with van der Waals surface area (Å²) < 4.78 is 5.70. The highest BCUT2D eigenvalue weighted by Gasteiger charge is 2.23. The fraction of sp³-hybridized carbons (Fsp3) is 0.588. The number of thiazole rings is 1. The standard InChI is InChI=1S/C17H26N2OS/c1-10-8-9-14(20-10)11(2)18-12(3)15-13(4)19-16(21-15)17(5,6)7/h8-9,11-12,18H,1-7H3. The van der Waals surface area contributed by atoms with Gasteiger partial charge in [0.25, 0.3) is 0 Å². The van der Waals surface area contributed by atoms with E-state index in [1.54, 1.807) is 0 Å². The molecule has 0 aliphatic rings. The van der Waals surface area contributed by atoms with E-state index in [9.17, 15) is 0 Å². The van der Waals surface area contributed by atoms with Gasteiger partial charge >= 0.3 is 0 Å². The first-order valence-electron chi connectivity index (χ1n) is 7.48. The molecule has 0 aliphatic heterocycles. The van der Waals surface area contributed by atoms with E-state index in [-0.39, 0.29) is 17.5 Å². The molecule has 3 nitrogen and oxygen atoms in total. The molecule has 2 unspecified atom stereocenters. The molecule has 1 N–H and O–H groups in total. The number of hydrogen-bond acceptors (Lipinski definition) is 4. The minimum atomic E-state index is 0.108. The summed E-state index contributed by atoms with van der Waals surface area (Å²) in [5, 5.41) is 4.81. The third-order valence-electron chi connectivity index (χ3n) is 3.56. The summed E-state index contributed by atoms with van der Waals surface area (Å²) in [6, 6.07) is 4.50. The van der Waals surface area contributed by atoms with Gasteiger partial charge in [-0.1, -0.05) is 20.8 Å². The molecule has 21 heavy (non-hydrogen) atoms. The van der Waals surface area contributed by atoms with Crippen molar-refractivity contribution in [2.45, 2.75) is 66.0 Å². The van der Waals surface area contributed by atoms with Gasteiger partial charge in [-0.15, -0.1) is 11.3 Å². The average molecular weight is 306 g/mol. The Kier molecular flexibility index (Phi) is 4.59. The van der Waals surface area contributed by atoms with Crippen molar-refractivity contribution in [3.05, 3.63) is 39.2 Å². The minimum absolute atomic E-state index is 0.108. The molecule has 0 aliphatic carbocycles. The van der Waals surface area contributed by atoms with Crippen molar-refractivity contribution in [2.75, 3.05) is 0 Å². The van der Waals surface area contributed by atoms with Crippen molar-refractivity contribution >= 4 is 11.3 Å². The van der Waals surface area contributed by atoms with Crippen LogP contribution in [0.4, 0.5) is 0 Å². The van der Waals surface area contributed by atoms with Gasteiger partial charge in [0, 0.05) is 16.3 Å². The van der Waals surface area contributed by atoms with E-state index in [1.165, 1.54) is 9.88 Å². The molecule has 2 rings (SSSR count). The molecule has 116 valence electrons. The molecule has 2 aromatic heterocycles. The van der Waals surface area contributed by atoms with Crippen LogP contribution >= 0.6 is 11.3 Å². The molecule has 0 spiro atoms. The predicted octanol–water partition coefficient (Wildman–Crippen LogP) is 5.06. The van der Waals surface area contributed by atoms with Crippen molar-refractivity contribution in [3.8, 4) is 0 Å². The SMILES string of the molecule is Cc1ccc(C(C)NC(C)c2sc(C(C)(C)C)nc2C)o1. The Morgan fingerprint density at radius 1 is 1.14 bits per heavy atom. The molecule has 0 bridgehead atoms. The topological polar surface area (TPSA) is 38.1 Å². The number of nitrogens with zero attached hydrogens (tertiary/aromatic N) is 1. The van der Waals surface area contributed by atoms with E-state index in [0.29, 0.717) is 0 Å². The molecule has 0 amide bonds. The van der Waals surface area contributed by atoms with Gasteiger partial charge in [0.1, 0.15) is 11.5 Å². The number of rotatable bonds is 4. The summed E-state index contributed by atoms with van der Waals surface area (Å²) in [5.74, 6) is 1.94. The number of aryl methyl sites for hydroxylation is 2. The number of furan rings is 1. The van der Waals surface area contributed by atoms with E-state index >= 15 is 0 Å². The number of aromatic nitrogens is 1. The van der Waals surface area contributed by atoms with Crippen LogP contribution in [-0.4, -0.2) is 4.98 Å². The van der Waals surface area contributed by atoms with Gasteiger partial charge in [0.15, 0.2) is 0 Å². The lowest BCUT2D eigenvalue weighted by molar-refractivity contribution is 0.393. The maximum absolute atomic E-state index is 5.70. The third kappa shape index (κ3) is 3.74. The van der Waals surface area contributed by atoms with Gasteiger partial charge in [0.2, 0.25) is 0 Å². The number of nitrogens with one attached hydrogen (secondary N) is 1. The normalized spacial score (nSPS) is 15.2. The molecule has 4 heteroatoms. The Morgan fingerprint density at radius 2 is 1.81 bits per heavy atom. The lowest BCUT2D eigenvalue weighted by Crippen LogP contribution is -2.22. The minimum Gasteiger partial charge on any atom is -0.465 e. The second-order valence-corrected chi connectivity index (χ2v) is 7.81. The van der Waals surface area contributed by atoms with Crippen molar-refractivity contribution in [1.82, 2.24) is 10.3 Å². The first kappa shape index (κ1) is 16.2. The molecule has 0 aromatic carbocycles. The number of hydrogen-bond donors (Lipinski definition) is 1. The highest BCUT2D eigenvalue weighted by molar-refractivity contribution is 7.12. The summed E-state index contributed by atoms with van der Waals surface area (Å²) in [6.07, 6.45) is 0. The Hall–Kier alpha value is -1.13. The molecular weight excluding hydrogens is 280 g/mol. The van der Waals surface area contributed by atoms with E-state index in [0.717, 1.165) is 17.2 Å². The monoisotopic (exact) mass is 306 g/mol. The fourth-order valence-corrected chi connectivity index (χ4v) is 3.48. The van der Waals surface area contributed by atoms with Crippen molar-refractivity contribution < 1.29 is 4.42 Å². The van der Waals surface area contributed by atoms with Crippen LogP contribution in [0.5, 0.6) is 0 Å². The summed E-state index contributed by atoms with van der Waals surface area (Å²) in [6.45, 7) is 15.0. The van der Waals surface area contributed by atoms with Gasteiger partial charge in [-0.05, 0) is 39.8 Å². The average Bonchev–Trinajstić information content (AvgIpc) is 2.94. The van der Waals surface area contributed by atoms with Crippen LogP contribution in [0.3, 0.4) is 0 Å². The lowest BCUT2D eigenvalue weighted by Gasteiger charge is -2.18. The van der Waals surface area contributed by atoms with Crippen LogP contribution in [0.2, 0.25) is 0 Å². The Balaban J connectivity index is 2.13. The van der Waals surface area contributed by atoms with Crippen molar-refractivity contribution in [2.24, 2.45) is 0 Å². The first-order valence-corrected chi connectivity index (χ1v) is 8.30. The molecule has 0 saturated heterocycles. The summed E-state index contributed by atoms with van der Waals surface area (Å²) in [4.78, 5) is 6.06. The smallest absolute Gasteiger partial charge is 0.120 e. The fourth-order valence-electron chi connectivity index (χ4n) is 2.35. The first-order chi connectivity index (χ1) is 9.68. The van der Waals surface area contributed by atoms with Crippen LogP contribution in [-0.2, 0) is 5.41 Å². The molecule has 0 radical (unpaired) electrons. The zero-order valence-electron chi connectivity index (χ0n) is 14.1. The van der Waals surface area contributed by atoms with E-state index in [4.69, 9.17) is 9.40 Å². The van der Waals surface area contributed by atoms with E-state index in [2.05, 4.69) is 46.9 Å². The van der Waals surface area contributed by atoms with Crippen LogP contribution < -0.4 is 5.32 Å². The van der Waals surface area contributed by atoms with Gasteiger partial charge in [0.05, 0.1) is 16.7 Å². The van der Waals surface area contributed by atoms with E-state index in [1.807, 2.05) is 30.4 Å². The third-order valence-corrected chi connectivity index (χ3v) is 5.32. The quantitative estimate of drug-likeness (QED) is 0.857. The highest BCUT2D eigenvalue weighted by Crippen LogP contribution is 2.33. The second-order valence-electron chi connectivity index (χ2n) is 6.78. The second kappa shape index (κ2) is 5.93. The van der Waals surface area contributed by atoms with Crippen molar-refractivity contribution in [3.63, 3.8) is 0 Å². The van der Waals surface area contributed by atoms with Gasteiger partial charge in [-0.25, -0.2) is 4.98 Å². The van der Waals surface area contributed by atoms with Crippen LogP contribution in [0.25, 0.3) is 0 Å². The molecule has 2 heterocycles. The highest BCUT2D eigenvalue weighted by atomic mass is 32.1. The van der Waals surface area contributed by atoms with Crippen LogP contribution in [0, 0.1) is 13.8 Å². The summed E-state index contributed by atoms with van der Waals surface area (Å²) >= 11 is 1.81. The lowest BCUT2D eigenvalue weighted by atomic mass is 9.98. The largest absolute Gasteiger partial charge is 0.465 e. The molecule has 2 atom stereocenters. The summed E-state index contributed by atoms with van der Waals surface area (Å²) in [7, 11) is 0. The predicted molar refractivity (Wildman–Crippen MR) is 89.0 cm³/mol. The Morgan fingerprint density at radius 3 is 2.29 bits per heavy atom. The maximum Gasteiger partial charge on any atom is 0.120 e. The van der Waals surface area contributed by atoms with Crippen LogP contribution in [0.15, 0.2) is 16.5 Å². The summed E-state index contributed by atoms with van der Waals surface area (Å²) in [5.41, 5.74) is 1.24.